The first-order valence-electron chi connectivity index (χ1n) is 6.88. The molecule has 0 aliphatic carbocycles. The van der Waals surface area contributed by atoms with Crippen LogP contribution in [0.15, 0.2) is 15.9 Å². The number of ether oxygens (including phenoxy) is 1. The molecule has 2 heterocycles. The van der Waals surface area contributed by atoms with Crippen molar-refractivity contribution in [1.29, 1.82) is 0 Å². The van der Waals surface area contributed by atoms with Gasteiger partial charge in [-0.15, -0.1) is 11.3 Å². The molecule has 1 aliphatic rings. The summed E-state index contributed by atoms with van der Waals surface area (Å²) in [5.74, 6) is 0.653. The van der Waals surface area contributed by atoms with Crippen molar-refractivity contribution in [2.24, 2.45) is 11.7 Å². The smallest absolute Gasteiger partial charge is 0.0593 e. The molecule has 0 radical (unpaired) electrons. The predicted molar refractivity (Wildman–Crippen MR) is 84.6 cm³/mol. The molecule has 1 fully saturated rings. The van der Waals surface area contributed by atoms with Crippen LogP contribution in [0.2, 0.25) is 0 Å². The summed E-state index contributed by atoms with van der Waals surface area (Å²) in [4.78, 5) is 3.91. The second-order valence-electron chi connectivity index (χ2n) is 5.29. The van der Waals surface area contributed by atoms with Crippen molar-refractivity contribution in [2.75, 3.05) is 26.8 Å². The van der Waals surface area contributed by atoms with Crippen molar-refractivity contribution >= 4 is 27.3 Å². The number of hydrogen-bond donors (Lipinski definition) is 1. The number of nitrogens with zero attached hydrogens (tertiary/aromatic N) is 1. The molecular formula is C14H23BrN2OS. The number of hydrogen-bond acceptors (Lipinski definition) is 4. The zero-order valence-electron chi connectivity index (χ0n) is 11.6. The molecule has 1 saturated heterocycles. The van der Waals surface area contributed by atoms with Gasteiger partial charge in [-0.1, -0.05) is 6.92 Å². The minimum Gasteiger partial charge on any atom is -0.384 e. The topological polar surface area (TPSA) is 38.5 Å². The van der Waals surface area contributed by atoms with E-state index in [0.717, 1.165) is 30.6 Å². The maximum absolute atomic E-state index is 6.38. The number of rotatable bonds is 6. The third-order valence-electron chi connectivity index (χ3n) is 3.87. The average molecular weight is 347 g/mol. The molecule has 108 valence electrons. The Balaban J connectivity index is 2.11. The van der Waals surface area contributed by atoms with Gasteiger partial charge in [-0.05, 0) is 47.3 Å². The van der Waals surface area contributed by atoms with Gasteiger partial charge in [0.05, 0.1) is 12.6 Å². The minimum atomic E-state index is 0.201. The van der Waals surface area contributed by atoms with Crippen LogP contribution in [0, 0.1) is 5.92 Å². The Kier molecular flexibility index (Phi) is 5.84. The fourth-order valence-corrected chi connectivity index (χ4v) is 4.51. The number of methoxy groups -OCH3 is 1. The Morgan fingerprint density at radius 2 is 2.42 bits per heavy atom. The van der Waals surface area contributed by atoms with E-state index in [2.05, 4.69) is 39.2 Å². The van der Waals surface area contributed by atoms with E-state index in [-0.39, 0.29) is 6.04 Å². The minimum absolute atomic E-state index is 0.201. The molecule has 1 aliphatic heterocycles. The Bertz CT molecular complexity index is 399. The van der Waals surface area contributed by atoms with E-state index < -0.39 is 0 Å². The molecule has 3 unspecified atom stereocenters. The Labute approximate surface area is 128 Å². The highest BCUT2D eigenvalue weighted by molar-refractivity contribution is 9.10. The van der Waals surface area contributed by atoms with Crippen molar-refractivity contribution in [3.8, 4) is 0 Å². The molecule has 5 heteroatoms. The van der Waals surface area contributed by atoms with Crippen molar-refractivity contribution in [2.45, 2.75) is 31.8 Å². The third-order valence-corrected chi connectivity index (χ3v) is 5.63. The van der Waals surface area contributed by atoms with Gasteiger partial charge in [0.25, 0.3) is 0 Å². The van der Waals surface area contributed by atoms with Crippen LogP contribution in [0.4, 0.5) is 0 Å². The van der Waals surface area contributed by atoms with Gasteiger partial charge in [-0.3, -0.25) is 4.90 Å². The first kappa shape index (κ1) is 15.4. The van der Waals surface area contributed by atoms with E-state index in [1.165, 1.54) is 11.3 Å². The maximum atomic E-state index is 6.38. The second-order valence-corrected chi connectivity index (χ2v) is 7.15. The monoisotopic (exact) mass is 346 g/mol. The lowest BCUT2D eigenvalue weighted by Crippen LogP contribution is -2.39. The van der Waals surface area contributed by atoms with Gasteiger partial charge in [0.2, 0.25) is 0 Å². The number of thiophene rings is 1. The van der Waals surface area contributed by atoms with Gasteiger partial charge in [0.1, 0.15) is 0 Å². The molecule has 2 rings (SSSR count). The van der Waals surface area contributed by atoms with E-state index in [9.17, 15) is 0 Å². The SMILES string of the molecule is CCC(N)C(c1cc(Br)cs1)N1CCC(COC)C1. The molecule has 1 aromatic heterocycles. The summed E-state index contributed by atoms with van der Waals surface area (Å²) in [7, 11) is 1.79. The number of halogens is 1. The van der Waals surface area contributed by atoms with Crippen molar-refractivity contribution in [3.63, 3.8) is 0 Å². The summed E-state index contributed by atoms with van der Waals surface area (Å²) in [5, 5.41) is 2.15. The predicted octanol–water partition coefficient (Wildman–Crippen LogP) is 3.26. The van der Waals surface area contributed by atoms with Gasteiger partial charge in [0, 0.05) is 34.4 Å². The summed E-state index contributed by atoms with van der Waals surface area (Å²) in [6.07, 6.45) is 2.22. The van der Waals surface area contributed by atoms with E-state index in [1.807, 2.05) is 0 Å². The molecule has 3 atom stereocenters. The van der Waals surface area contributed by atoms with E-state index in [0.29, 0.717) is 12.0 Å². The fourth-order valence-electron chi connectivity index (χ4n) is 2.86. The quantitative estimate of drug-likeness (QED) is 0.859. The molecule has 19 heavy (non-hydrogen) atoms. The average Bonchev–Trinajstić information content (AvgIpc) is 3.00. The van der Waals surface area contributed by atoms with Gasteiger partial charge in [-0.2, -0.15) is 0 Å². The third kappa shape index (κ3) is 3.79. The van der Waals surface area contributed by atoms with Crippen molar-refractivity contribution < 1.29 is 4.74 Å². The lowest BCUT2D eigenvalue weighted by molar-refractivity contribution is 0.142. The largest absolute Gasteiger partial charge is 0.384 e. The van der Waals surface area contributed by atoms with Crippen LogP contribution in [0.5, 0.6) is 0 Å². The zero-order chi connectivity index (χ0) is 13.8. The molecule has 0 aromatic carbocycles. The first-order valence-corrected chi connectivity index (χ1v) is 8.55. The number of nitrogens with two attached hydrogens (primary N) is 1. The van der Waals surface area contributed by atoms with E-state index in [4.69, 9.17) is 10.5 Å². The lowest BCUT2D eigenvalue weighted by atomic mass is 10.0. The van der Waals surface area contributed by atoms with Crippen LogP contribution >= 0.6 is 27.3 Å². The van der Waals surface area contributed by atoms with Crippen LogP contribution in [0.3, 0.4) is 0 Å². The standard InChI is InChI=1S/C14H23BrN2OS/c1-3-12(16)14(13-6-11(15)9-19-13)17-5-4-10(7-17)8-18-2/h6,9-10,12,14H,3-5,7-8,16H2,1-2H3. The molecule has 1 aromatic rings. The van der Waals surface area contributed by atoms with Gasteiger partial charge < -0.3 is 10.5 Å². The summed E-state index contributed by atoms with van der Waals surface area (Å²) in [6.45, 7) is 5.26. The van der Waals surface area contributed by atoms with Crippen molar-refractivity contribution in [1.82, 2.24) is 4.90 Å². The molecule has 0 amide bonds. The Hall–Kier alpha value is 0.0600. The fraction of sp³-hybridized carbons (Fsp3) is 0.714. The maximum Gasteiger partial charge on any atom is 0.0593 e. The molecule has 2 N–H and O–H groups in total. The molecule has 3 nitrogen and oxygen atoms in total. The van der Waals surface area contributed by atoms with E-state index in [1.54, 1.807) is 18.4 Å². The Morgan fingerprint density at radius 1 is 1.63 bits per heavy atom. The molecule has 0 saturated carbocycles. The van der Waals surface area contributed by atoms with Gasteiger partial charge >= 0.3 is 0 Å². The summed E-state index contributed by atoms with van der Waals surface area (Å²) in [5.41, 5.74) is 6.38. The number of likely N-dealkylation sites (tertiary alicyclic amines) is 1. The van der Waals surface area contributed by atoms with Crippen LogP contribution in [-0.4, -0.2) is 37.7 Å². The highest BCUT2D eigenvalue weighted by Gasteiger charge is 2.32. The van der Waals surface area contributed by atoms with Crippen LogP contribution in [-0.2, 0) is 4.74 Å². The zero-order valence-corrected chi connectivity index (χ0v) is 14.0. The summed E-state index contributed by atoms with van der Waals surface area (Å²) < 4.78 is 6.45. The lowest BCUT2D eigenvalue weighted by Gasteiger charge is -2.31. The van der Waals surface area contributed by atoms with Crippen LogP contribution in [0.1, 0.15) is 30.7 Å². The van der Waals surface area contributed by atoms with Crippen LogP contribution in [0.25, 0.3) is 0 Å². The van der Waals surface area contributed by atoms with E-state index >= 15 is 0 Å². The second kappa shape index (κ2) is 7.18. The normalized spacial score (nSPS) is 23.7. The molecule has 0 bridgehead atoms. The molecule has 0 spiro atoms. The van der Waals surface area contributed by atoms with Gasteiger partial charge in [0.15, 0.2) is 0 Å². The first-order chi connectivity index (χ1) is 9.15. The summed E-state index contributed by atoms with van der Waals surface area (Å²) in [6, 6.07) is 2.77. The van der Waals surface area contributed by atoms with Crippen molar-refractivity contribution in [3.05, 3.63) is 20.8 Å². The highest BCUT2D eigenvalue weighted by atomic mass is 79.9. The van der Waals surface area contributed by atoms with Gasteiger partial charge in [-0.25, -0.2) is 0 Å². The molecular weight excluding hydrogens is 324 g/mol. The Morgan fingerprint density at radius 3 is 3.00 bits per heavy atom. The summed E-state index contributed by atoms with van der Waals surface area (Å²) >= 11 is 5.35. The highest BCUT2D eigenvalue weighted by Crippen LogP contribution is 2.35. The van der Waals surface area contributed by atoms with Crippen LogP contribution < -0.4 is 5.73 Å².